The standard InChI is InChI=1S/C47H26N4O2/c1-2-13-30-27(10-1)22-24-37-43(30)33-16-7-11-28-12-8-18-36(42(28)33)51(37)47-49-45(29-23-25-40-35(26-29)31-14-3-5-19-38(31)52-40)48-46(50-47)34-17-9-21-41-44(34)32-15-4-6-20-39(32)53-41/h1-26H. The second-order valence-corrected chi connectivity index (χ2v) is 13.6. The summed E-state index contributed by atoms with van der Waals surface area (Å²) in [6.45, 7) is 0. The molecule has 0 unspecified atom stereocenters. The van der Waals surface area contributed by atoms with Crippen molar-refractivity contribution >= 4 is 82.7 Å². The van der Waals surface area contributed by atoms with Gasteiger partial charge in [0.05, 0.1) is 11.4 Å². The second kappa shape index (κ2) is 10.6. The smallest absolute Gasteiger partial charge is 0.238 e. The molecule has 246 valence electrons. The first-order valence-electron chi connectivity index (χ1n) is 17.7. The summed E-state index contributed by atoms with van der Waals surface area (Å²) in [4.78, 5) is 18.2. The van der Waals surface area contributed by atoms with Crippen molar-refractivity contribution in [1.82, 2.24) is 15.0 Å². The Kier molecular flexibility index (Phi) is 5.68. The summed E-state index contributed by atoms with van der Waals surface area (Å²) in [7, 11) is 0. The molecule has 12 rings (SSSR count). The van der Waals surface area contributed by atoms with Crippen LogP contribution in [0.3, 0.4) is 0 Å². The van der Waals surface area contributed by atoms with E-state index in [1.165, 1.54) is 16.3 Å². The lowest BCUT2D eigenvalue weighted by Gasteiger charge is -2.32. The molecular weight excluding hydrogens is 653 g/mol. The predicted molar refractivity (Wildman–Crippen MR) is 214 cm³/mol. The highest BCUT2D eigenvalue weighted by atomic mass is 16.3. The van der Waals surface area contributed by atoms with Crippen LogP contribution in [0, 0.1) is 0 Å². The van der Waals surface area contributed by atoms with Crippen LogP contribution in [0.1, 0.15) is 0 Å². The van der Waals surface area contributed by atoms with Gasteiger partial charge in [-0.05, 0) is 70.3 Å². The Labute approximate surface area is 302 Å². The molecule has 0 saturated carbocycles. The number of fused-ring (bicyclic) bond motifs is 10. The molecule has 1 aliphatic heterocycles. The zero-order chi connectivity index (χ0) is 34.6. The van der Waals surface area contributed by atoms with Crippen molar-refractivity contribution < 1.29 is 8.83 Å². The largest absolute Gasteiger partial charge is 0.456 e. The molecule has 4 heterocycles. The van der Waals surface area contributed by atoms with Gasteiger partial charge in [-0.15, -0.1) is 0 Å². The van der Waals surface area contributed by atoms with E-state index in [9.17, 15) is 0 Å². The van der Waals surface area contributed by atoms with E-state index in [0.717, 1.165) is 82.7 Å². The van der Waals surface area contributed by atoms with E-state index in [0.29, 0.717) is 17.6 Å². The number of para-hydroxylation sites is 2. The first-order valence-corrected chi connectivity index (χ1v) is 17.7. The Morgan fingerprint density at radius 2 is 1.06 bits per heavy atom. The third-order valence-corrected chi connectivity index (χ3v) is 10.6. The number of hydrogen-bond acceptors (Lipinski definition) is 6. The van der Waals surface area contributed by atoms with E-state index in [1.54, 1.807) is 0 Å². The van der Waals surface area contributed by atoms with Crippen LogP contribution in [0.4, 0.5) is 17.3 Å². The fourth-order valence-electron chi connectivity index (χ4n) is 8.33. The average Bonchev–Trinajstić information content (AvgIpc) is 3.79. The predicted octanol–water partition coefficient (Wildman–Crippen LogP) is 12.8. The highest BCUT2D eigenvalue weighted by Crippen LogP contribution is 2.52. The van der Waals surface area contributed by atoms with Gasteiger partial charge in [0, 0.05) is 43.6 Å². The molecule has 0 N–H and O–H groups in total. The second-order valence-electron chi connectivity index (χ2n) is 13.6. The Morgan fingerprint density at radius 1 is 0.396 bits per heavy atom. The minimum atomic E-state index is 0.533. The quantitative estimate of drug-likeness (QED) is 0.185. The fraction of sp³-hybridized carbons (Fsp3) is 0. The summed E-state index contributed by atoms with van der Waals surface area (Å²) >= 11 is 0. The van der Waals surface area contributed by atoms with E-state index in [2.05, 4.69) is 102 Å². The number of rotatable bonds is 3. The van der Waals surface area contributed by atoms with Crippen LogP contribution in [0.2, 0.25) is 0 Å². The maximum Gasteiger partial charge on any atom is 0.238 e. The monoisotopic (exact) mass is 678 g/mol. The summed E-state index contributed by atoms with van der Waals surface area (Å²) in [6, 6.07) is 54.5. The van der Waals surface area contributed by atoms with Crippen molar-refractivity contribution in [2.45, 2.75) is 0 Å². The highest BCUT2D eigenvalue weighted by molar-refractivity contribution is 6.19. The van der Waals surface area contributed by atoms with E-state index < -0.39 is 0 Å². The van der Waals surface area contributed by atoms with Crippen molar-refractivity contribution in [1.29, 1.82) is 0 Å². The van der Waals surface area contributed by atoms with Crippen molar-refractivity contribution in [2.75, 3.05) is 4.90 Å². The summed E-state index contributed by atoms with van der Waals surface area (Å²) in [5, 5.41) is 8.73. The lowest BCUT2D eigenvalue weighted by Crippen LogP contribution is -2.19. The Balaban J connectivity index is 1.18. The average molecular weight is 679 g/mol. The lowest BCUT2D eigenvalue weighted by molar-refractivity contribution is 0.668. The van der Waals surface area contributed by atoms with Gasteiger partial charge in [0.15, 0.2) is 11.6 Å². The molecular formula is C47H26N4O2. The van der Waals surface area contributed by atoms with Crippen LogP contribution in [-0.4, -0.2) is 15.0 Å². The topological polar surface area (TPSA) is 68.2 Å². The lowest BCUT2D eigenvalue weighted by atomic mass is 9.88. The van der Waals surface area contributed by atoms with Gasteiger partial charge in [-0.1, -0.05) is 109 Å². The summed E-state index contributed by atoms with van der Waals surface area (Å²) in [6.07, 6.45) is 0. The summed E-state index contributed by atoms with van der Waals surface area (Å²) in [5.41, 5.74) is 9.41. The molecule has 8 aromatic carbocycles. The van der Waals surface area contributed by atoms with Gasteiger partial charge in [0.25, 0.3) is 0 Å². The SMILES string of the molecule is c1ccc2c3c(ccc2c1)N(c1nc(-c2ccc4oc5ccccc5c4c2)nc(-c2cccc4oc5ccccc5c24)n1)c1cccc2cccc-3c12. The number of anilines is 3. The Hall–Kier alpha value is -7.31. The molecule has 0 fully saturated rings. The zero-order valence-corrected chi connectivity index (χ0v) is 28.1. The molecule has 0 spiro atoms. The Morgan fingerprint density at radius 3 is 1.96 bits per heavy atom. The van der Waals surface area contributed by atoms with E-state index in [4.69, 9.17) is 23.8 Å². The van der Waals surface area contributed by atoms with Crippen molar-refractivity contribution in [3.8, 4) is 33.9 Å². The molecule has 0 bridgehead atoms. The molecule has 0 atom stereocenters. The van der Waals surface area contributed by atoms with Gasteiger partial charge < -0.3 is 8.83 Å². The number of benzene rings is 8. The molecule has 3 aromatic heterocycles. The van der Waals surface area contributed by atoms with Gasteiger partial charge >= 0.3 is 0 Å². The maximum atomic E-state index is 6.33. The first kappa shape index (κ1) is 28.4. The van der Waals surface area contributed by atoms with Crippen LogP contribution < -0.4 is 4.90 Å². The summed E-state index contributed by atoms with van der Waals surface area (Å²) in [5.74, 6) is 1.66. The molecule has 11 aromatic rings. The zero-order valence-electron chi connectivity index (χ0n) is 28.1. The number of hydrogen-bond donors (Lipinski definition) is 0. The molecule has 6 heteroatoms. The molecule has 0 saturated heterocycles. The van der Waals surface area contributed by atoms with Gasteiger partial charge in [0.2, 0.25) is 5.95 Å². The van der Waals surface area contributed by atoms with Crippen LogP contribution >= 0.6 is 0 Å². The fourth-order valence-corrected chi connectivity index (χ4v) is 8.33. The number of aromatic nitrogens is 3. The minimum Gasteiger partial charge on any atom is -0.456 e. The highest BCUT2D eigenvalue weighted by Gasteiger charge is 2.30. The third-order valence-electron chi connectivity index (χ3n) is 10.6. The van der Waals surface area contributed by atoms with Gasteiger partial charge in [-0.25, -0.2) is 4.98 Å². The molecule has 6 nitrogen and oxygen atoms in total. The molecule has 0 radical (unpaired) electrons. The first-order chi connectivity index (χ1) is 26.3. The van der Waals surface area contributed by atoms with E-state index >= 15 is 0 Å². The minimum absolute atomic E-state index is 0.533. The van der Waals surface area contributed by atoms with Gasteiger partial charge in [0.1, 0.15) is 22.3 Å². The summed E-state index contributed by atoms with van der Waals surface area (Å²) < 4.78 is 12.5. The van der Waals surface area contributed by atoms with E-state index in [-0.39, 0.29) is 0 Å². The Bertz CT molecular complexity index is 3320. The van der Waals surface area contributed by atoms with Crippen molar-refractivity contribution in [3.05, 3.63) is 158 Å². The molecule has 53 heavy (non-hydrogen) atoms. The van der Waals surface area contributed by atoms with Crippen LogP contribution in [-0.2, 0) is 0 Å². The third kappa shape index (κ3) is 4.06. The number of nitrogens with zero attached hydrogens (tertiary/aromatic N) is 4. The van der Waals surface area contributed by atoms with Crippen LogP contribution in [0.15, 0.2) is 167 Å². The normalized spacial score (nSPS) is 12.5. The molecule has 0 aliphatic carbocycles. The van der Waals surface area contributed by atoms with Crippen molar-refractivity contribution in [3.63, 3.8) is 0 Å². The van der Waals surface area contributed by atoms with Crippen LogP contribution in [0.5, 0.6) is 0 Å². The molecule has 0 amide bonds. The maximum absolute atomic E-state index is 6.33. The van der Waals surface area contributed by atoms with E-state index in [1.807, 2.05) is 60.7 Å². The molecule has 1 aliphatic rings. The van der Waals surface area contributed by atoms with Crippen LogP contribution in [0.25, 0.3) is 99.3 Å². The number of furan rings is 2. The van der Waals surface area contributed by atoms with Gasteiger partial charge in [-0.2, -0.15) is 9.97 Å². The van der Waals surface area contributed by atoms with Gasteiger partial charge in [-0.3, -0.25) is 4.90 Å². The van der Waals surface area contributed by atoms with Crippen molar-refractivity contribution in [2.24, 2.45) is 0 Å².